The second-order valence-corrected chi connectivity index (χ2v) is 9.95. The summed E-state index contributed by atoms with van der Waals surface area (Å²) in [4.78, 5) is 14.9. The first-order chi connectivity index (χ1) is 14.2. The lowest BCUT2D eigenvalue weighted by molar-refractivity contribution is -0.124. The van der Waals surface area contributed by atoms with Crippen LogP contribution in [0.15, 0.2) is 36.4 Å². The molecule has 0 unspecified atom stereocenters. The zero-order valence-corrected chi connectivity index (χ0v) is 17.6. The van der Waals surface area contributed by atoms with E-state index >= 15 is 0 Å². The maximum atomic E-state index is 12.5. The third-order valence-corrected chi connectivity index (χ3v) is 8.06. The highest BCUT2D eigenvalue weighted by Crippen LogP contribution is 2.53. The number of likely N-dealkylation sites (tertiary alicyclic amines) is 1. The Morgan fingerprint density at radius 1 is 1.03 bits per heavy atom. The minimum atomic E-state index is -0.0187. The summed E-state index contributed by atoms with van der Waals surface area (Å²) in [6.07, 6.45) is 12.6. The van der Waals surface area contributed by atoms with E-state index in [9.17, 15) is 4.79 Å². The molecule has 5 aliphatic rings. The van der Waals surface area contributed by atoms with Crippen LogP contribution < -0.4 is 10.6 Å². The van der Waals surface area contributed by atoms with Gasteiger partial charge in [-0.1, -0.05) is 42.5 Å². The molecular weight excluding hydrogens is 358 g/mol. The molecule has 1 aromatic carbocycles. The maximum absolute atomic E-state index is 12.5. The van der Waals surface area contributed by atoms with Crippen LogP contribution in [0.5, 0.6) is 0 Å². The molecule has 4 saturated carbocycles. The second kappa shape index (κ2) is 8.23. The third-order valence-electron chi connectivity index (χ3n) is 8.06. The van der Waals surface area contributed by atoms with Crippen molar-refractivity contribution in [3.8, 4) is 0 Å². The summed E-state index contributed by atoms with van der Waals surface area (Å²) in [6, 6.07) is 11.5. The van der Waals surface area contributed by atoms with Gasteiger partial charge in [-0.2, -0.15) is 0 Å². The van der Waals surface area contributed by atoms with Crippen LogP contribution in [0.4, 0.5) is 0 Å². The summed E-state index contributed by atoms with van der Waals surface area (Å²) < 4.78 is 0. The Morgan fingerprint density at radius 3 is 2.38 bits per heavy atom. The van der Waals surface area contributed by atoms with E-state index in [2.05, 4.69) is 52.0 Å². The molecule has 6 rings (SSSR count). The lowest BCUT2D eigenvalue weighted by Gasteiger charge is -2.55. The van der Waals surface area contributed by atoms with Gasteiger partial charge in [-0.15, -0.1) is 0 Å². The summed E-state index contributed by atoms with van der Waals surface area (Å²) in [6.45, 7) is 1.80. The lowest BCUT2D eigenvalue weighted by Crippen LogP contribution is -2.57. The van der Waals surface area contributed by atoms with E-state index in [0.717, 1.165) is 43.2 Å². The highest BCUT2D eigenvalue weighted by molar-refractivity contribution is 5.82. The second-order valence-electron chi connectivity index (χ2n) is 9.95. The van der Waals surface area contributed by atoms with Crippen molar-refractivity contribution in [3.63, 3.8) is 0 Å². The predicted molar refractivity (Wildman–Crippen MR) is 117 cm³/mol. The quantitative estimate of drug-likeness (QED) is 0.779. The van der Waals surface area contributed by atoms with Crippen LogP contribution in [-0.4, -0.2) is 49.1 Å². The summed E-state index contributed by atoms with van der Waals surface area (Å²) in [5.74, 6) is 3.95. The van der Waals surface area contributed by atoms with Crippen molar-refractivity contribution in [2.75, 3.05) is 20.1 Å². The van der Waals surface area contributed by atoms with Crippen LogP contribution >= 0.6 is 0 Å². The number of nitrogens with one attached hydrogen (secondary N) is 2. The highest BCUT2D eigenvalue weighted by Gasteiger charge is 2.49. The monoisotopic (exact) mass is 393 g/mol. The number of nitrogens with zero attached hydrogens (tertiary/aromatic N) is 1. The summed E-state index contributed by atoms with van der Waals surface area (Å²) in [5, 5.41) is 6.95. The van der Waals surface area contributed by atoms with Gasteiger partial charge in [0.15, 0.2) is 0 Å². The van der Waals surface area contributed by atoms with Crippen molar-refractivity contribution in [3.05, 3.63) is 42.0 Å². The number of benzene rings is 1. The molecule has 4 bridgehead atoms. The molecule has 1 amide bonds. The Labute approximate surface area is 175 Å². The van der Waals surface area contributed by atoms with E-state index in [-0.39, 0.29) is 11.9 Å². The van der Waals surface area contributed by atoms with E-state index in [1.807, 2.05) is 6.07 Å². The fourth-order valence-electron chi connectivity index (χ4n) is 7.02. The Morgan fingerprint density at radius 2 is 1.72 bits per heavy atom. The summed E-state index contributed by atoms with van der Waals surface area (Å²) in [7, 11) is 1.76. The van der Waals surface area contributed by atoms with E-state index in [0.29, 0.717) is 12.1 Å². The minimum absolute atomic E-state index is 0.0187. The number of hydrogen-bond donors (Lipinski definition) is 2. The highest BCUT2D eigenvalue weighted by atomic mass is 16.2. The molecule has 0 spiro atoms. The largest absolute Gasteiger partial charge is 0.358 e. The van der Waals surface area contributed by atoms with Crippen LogP contribution in [0.25, 0.3) is 6.08 Å². The van der Waals surface area contributed by atoms with Crippen molar-refractivity contribution in [2.45, 2.75) is 56.7 Å². The molecule has 4 aliphatic carbocycles. The fourth-order valence-corrected chi connectivity index (χ4v) is 7.02. The molecule has 0 radical (unpaired) electrons. The van der Waals surface area contributed by atoms with Gasteiger partial charge in [0.2, 0.25) is 5.91 Å². The predicted octanol–water partition coefficient (Wildman–Crippen LogP) is 3.30. The first-order valence-electron chi connectivity index (χ1n) is 11.6. The Bertz CT molecular complexity index is 718. The third kappa shape index (κ3) is 4.02. The van der Waals surface area contributed by atoms with Crippen molar-refractivity contribution in [1.82, 2.24) is 15.5 Å². The van der Waals surface area contributed by atoms with E-state index in [4.69, 9.17) is 0 Å². The molecule has 1 heterocycles. The smallest absolute Gasteiger partial charge is 0.237 e. The molecule has 5 fully saturated rings. The molecule has 156 valence electrons. The average molecular weight is 394 g/mol. The van der Waals surface area contributed by atoms with Crippen molar-refractivity contribution in [2.24, 2.45) is 23.7 Å². The van der Waals surface area contributed by atoms with Gasteiger partial charge in [-0.05, 0) is 67.8 Å². The maximum Gasteiger partial charge on any atom is 0.237 e. The first-order valence-corrected chi connectivity index (χ1v) is 11.6. The normalized spacial score (nSPS) is 38.7. The van der Waals surface area contributed by atoms with Gasteiger partial charge in [0, 0.05) is 32.2 Å². The van der Waals surface area contributed by atoms with Gasteiger partial charge in [0.05, 0.1) is 6.04 Å². The van der Waals surface area contributed by atoms with Gasteiger partial charge in [0.1, 0.15) is 0 Å². The molecular formula is C25H35N3O. The Balaban J connectivity index is 1.22. The van der Waals surface area contributed by atoms with Crippen LogP contribution in [0, 0.1) is 23.7 Å². The molecule has 29 heavy (non-hydrogen) atoms. The average Bonchev–Trinajstić information content (AvgIpc) is 3.13. The number of amides is 1. The number of carbonyl (C=O) groups excluding carboxylic acids is 1. The van der Waals surface area contributed by atoms with Crippen LogP contribution in [-0.2, 0) is 4.79 Å². The molecule has 1 aliphatic heterocycles. The number of hydrogen-bond acceptors (Lipinski definition) is 3. The zero-order valence-electron chi connectivity index (χ0n) is 17.6. The zero-order chi connectivity index (χ0) is 19.8. The van der Waals surface area contributed by atoms with Crippen LogP contribution in [0.1, 0.15) is 44.1 Å². The SMILES string of the molecule is CNC(=O)[C@@H]1C[C@H](NC2C3CC4CC(C3)CC2C4)CN1C/C=C/c1ccccc1. The Kier molecular flexibility index (Phi) is 5.49. The first kappa shape index (κ1) is 19.3. The van der Waals surface area contributed by atoms with E-state index < -0.39 is 0 Å². The molecule has 2 atom stereocenters. The summed E-state index contributed by atoms with van der Waals surface area (Å²) >= 11 is 0. The van der Waals surface area contributed by atoms with Crippen LogP contribution in [0.3, 0.4) is 0 Å². The van der Waals surface area contributed by atoms with Crippen LogP contribution in [0.2, 0.25) is 0 Å². The number of carbonyl (C=O) groups is 1. The van der Waals surface area contributed by atoms with Gasteiger partial charge in [-0.25, -0.2) is 0 Å². The molecule has 4 nitrogen and oxygen atoms in total. The van der Waals surface area contributed by atoms with Gasteiger partial charge in [0.25, 0.3) is 0 Å². The minimum Gasteiger partial charge on any atom is -0.358 e. The molecule has 1 aromatic rings. The molecule has 2 N–H and O–H groups in total. The number of rotatable bonds is 6. The lowest BCUT2D eigenvalue weighted by atomic mass is 9.54. The van der Waals surface area contributed by atoms with Gasteiger partial charge >= 0.3 is 0 Å². The van der Waals surface area contributed by atoms with Crippen molar-refractivity contribution < 1.29 is 4.79 Å². The van der Waals surface area contributed by atoms with Crippen molar-refractivity contribution in [1.29, 1.82) is 0 Å². The standard InChI is InChI=1S/C25H35N3O/c1-26-25(29)23-15-22(16-28(23)9-5-8-17-6-3-2-4-7-17)27-24-20-11-18-10-19(13-20)14-21(24)12-18/h2-8,18-24,27H,9-16H2,1H3,(H,26,29)/b8-5+/t18?,19?,20?,21?,22-,23-,24?/m0/s1. The molecule has 1 saturated heterocycles. The van der Waals surface area contributed by atoms with Crippen molar-refractivity contribution >= 4 is 12.0 Å². The van der Waals surface area contributed by atoms with Gasteiger partial charge < -0.3 is 10.6 Å². The Hall–Kier alpha value is -1.65. The van der Waals surface area contributed by atoms with E-state index in [1.165, 1.54) is 37.7 Å². The topological polar surface area (TPSA) is 44.4 Å². The molecule has 4 heteroatoms. The number of likely N-dealkylation sites (N-methyl/N-ethyl adjacent to an activating group) is 1. The van der Waals surface area contributed by atoms with Gasteiger partial charge in [-0.3, -0.25) is 9.69 Å². The van der Waals surface area contributed by atoms with E-state index in [1.54, 1.807) is 7.05 Å². The summed E-state index contributed by atoms with van der Waals surface area (Å²) in [5.41, 5.74) is 1.21. The fraction of sp³-hybridized carbons (Fsp3) is 0.640. The molecule has 0 aromatic heterocycles.